The number of fused-ring (bicyclic) bond motifs is 1. The standard InChI is InChI=1S/C23H23NO2/c1-24(17-18-9-3-2-4-10-18)23(26)22(15-8-16-25)21-14-7-12-19-11-5-6-13-20(19)21/h2-7,9-14,16,22H,8,15,17H2,1H3. The second-order valence-electron chi connectivity index (χ2n) is 6.54. The molecule has 1 amide bonds. The Bertz CT molecular complexity index is 884. The molecule has 3 heteroatoms. The number of hydrogen-bond donors (Lipinski definition) is 0. The van der Waals surface area contributed by atoms with E-state index in [1.54, 1.807) is 4.90 Å². The lowest BCUT2D eigenvalue weighted by atomic mass is 9.89. The molecule has 1 atom stereocenters. The van der Waals surface area contributed by atoms with Gasteiger partial charge in [0.05, 0.1) is 5.92 Å². The van der Waals surface area contributed by atoms with Gasteiger partial charge in [0.25, 0.3) is 0 Å². The molecule has 0 aliphatic rings. The lowest BCUT2D eigenvalue weighted by Gasteiger charge is -2.25. The first-order valence-corrected chi connectivity index (χ1v) is 8.91. The summed E-state index contributed by atoms with van der Waals surface area (Å²) in [5.41, 5.74) is 2.09. The molecule has 3 nitrogen and oxygen atoms in total. The fourth-order valence-corrected chi connectivity index (χ4v) is 3.40. The van der Waals surface area contributed by atoms with Gasteiger partial charge in [-0.3, -0.25) is 4.79 Å². The lowest BCUT2D eigenvalue weighted by molar-refractivity contribution is -0.132. The molecule has 26 heavy (non-hydrogen) atoms. The SMILES string of the molecule is CN(Cc1ccccc1)C(=O)C(CCC=O)c1cccc2ccccc12. The number of benzene rings is 3. The van der Waals surface area contributed by atoms with E-state index in [0.717, 1.165) is 28.2 Å². The summed E-state index contributed by atoms with van der Waals surface area (Å²) in [6.45, 7) is 0.558. The van der Waals surface area contributed by atoms with Gasteiger partial charge in [0, 0.05) is 20.0 Å². The van der Waals surface area contributed by atoms with Crippen LogP contribution in [0.5, 0.6) is 0 Å². The van der Waals surface area contributed by atoms with Crippen molar-refractivity contribution < 1.29 is 9.59 Å². The highest BCUT2D eigenvalue weighted by Gasteiger charge is 2.25. The summed E-state index contributed by atoms with van der Waals surface area (Å²) in [5, 5.41) is 2.19. The highest BCUT2D eigenvalue weighted by Crippen LogP contribution is 2.30. The van der Waals surface area contributed by atoms with E-state index >= 15 is 0 Å². The Labute approximate surface area is 154 Å². The molecule has 3 aromatic carbocycles. The minimum absolute atomic E-state index is 0.0482. The number of nitrogens with zero attached hydrogens (tertiary/aromatic N) is 1. The molecule has 0 saturated carbocycles. The van der Waals surface area contributed by atoms with Crippen molar-refractivity contribution in [3.05, 3.63) is 83.9 Å². The predicted octanol–water partition coefficient (Wildman–Crippen LogP) is 4.56. The van der Waals surface area contributed by atoms with Crippen LogP contribution in [0.4, 0.5) is 0 Å². The summed E-state index contributed by atoms with van der Waals surface area (Å²) < 4.78 is 0. The summed E-state index contributed by atoms with van der Waals surface area (Å²) in [5.74, 6) is -0.271. The topological polar surface area (TPSA) is 37.4 Å². The molecule has 0 aliphatic carbocycles. The quantitative estimate of drug-likeness (QED) is 0.589. The summed E-state index contributed by atoms with van der Waals surface area (Å²) in [4.78, 5) is 25.9. The molecule has 0 N–H and O–H groups in total. The van der Waals surface area contributed by atoms with Crippen molar-refractivity contribution in [2.45, 2.75) is 25.3 Å². The predicted molar refractivity (Wildman–Crippen MR) is 105 cm³/mol. The zero-order valence-electron chi connectivity index (χ0n) is 15.0. The van der Waals surface area contributed by atoms with Gasteiger partial charge in [-0.1, -0.05) is 72.8 Å². The largest absolute Gasteiger partial charge is 0.341 e. The summed E-state index contributed by atoms with van der Waals surface area (Å²) >= 11 is 0. The smallest absolute Gasteiger partial charge is 0.230 e. The molecule has 0 saturated heterocycles. The number of carbonyl (C=O) groups excluding carboxylic acids is 2. The molecule has 0 fully saturated rings. The van der Waals surface area contributed by atoms with Gasteiger partial charge in [-0.15, -0.1) is 0 Å². The first-order valence-electron chi connectivity index (χ1n) is 8.91. The summed E-state index contributed by atoms with van der Waals surface area (Å²) in [6.07, 6.45) is 1.79. The van der Waals surface area contributed by atoms with Crippen molar-refractivity contribution in [2.75, 3.05) is 7.05 Å². The molecular weight excluding hydrogens is 322 g/mol. The first-order chi connectivity index (χ1) is 12.7. The molecule has 3 aromatic rings. The Kier molecular flexibility index (Phi) is 5.80. The average molecular weight is 345 g/mol. The van der Waals surface area contributed by atoms with Gasteiger partial charge in [-0.2, -0.15) is 0 Å². The number of rotatable bonds is 7. The number of likely N-dealkylation sites (N-methyl/N-ethyl adjacent to an activating group) is 1. The van der Waals surface area contributed by atoms with Crippen molar-refractivity contribution in [1.29, 1.82) is 0 Å². The second-order valence-corrected chi connectivity index (χ2v) is 6.54. The van der Waals surface area contributed by atoms with Crippen LogP contribution < -0.4 is 0 Å². The van der Waals surface area contributed by atoms with E-state index < -0.39 is 0 Å². The van der Waals surface area contributed by atoms with Crippen molar-refractivity contribution >= 4 is 23.0 Å². The zero-order chi connectivity index (χ0) is 18.4. The first kappa shape index (κ1) is 17.9. The molecule has 0 heterocycles. The van der Waals surface area contributed by atoms with Crippen LogP contribution in [0.3, 0.4) is 0 Å². The molecule has 0 spiro atoms. The van der Waals surface area contributed by atoms with Crippen LogP contribution in [0.2, 0.25) is 0 Å². The number of hydrogen-bond acceptors (Lipinski definition) is 2. The van der Waals surface area contributed by atoms with E-state index in [4.69, 9.17) is 0 Å². The highest BCUT2D eigenvalue weighted by molar-refractivity contribution is 5.93. The normalized spacial score (nSPS) is 11.9. The van der Waals surface area contributed by atoms with E-state index in [2.05, 4.69) is 0 Å². The third-order valence-corrected chi connectivity index (χ3v) is 4.71. The molecule has 3 rings (SSSR count). The summed E-state index contributed by atoms with van der Waals surface area (Å²) in [7, 11) is 1.83. The lowest BCUT2D eigenvalue weighted by Crippen LogP contribution is -2.31. The molecule has 0 bridgehead atoms. The van der Waals surface area contributed by atoms with Crippen LogP contribution in [-0.4, -0.2) is 24.1 Å². The average Bonchev–Trinajstić information content (AvgIpc) is 2.69. The van der Waals surface area contributed by atoms with E-state index in [1.165, 1.54) is 0 Å². The van der Waals surface area contributed by atoms with Gasteiger partial charge in [-0.25, -0.2) is 0 Å². The zero-order valence-corrected chi connectivity index (χ0v) is 15.0. The fourth-order valence-electron chi connectivity index (χ4n) is 3.40. The maximum absolute atomic E-state index is 13.2. The van der Waals surface area contributed by atoms with Gasteiger partial charge in [-0.05, 0) is 28.3 Å². The van der Waals surface area contributed by atoms with Gasteiger partial charge in [0.2, 0.25) is 5.91 Å². The summed E-state index contributed by atoms with van der Waals surface area (Å²) in [6, 6.07) is 24.1. The van der Waals surface area contributed by atoms with E-state index in [1.807, 2.05) is 79.8 Å². The van der Waals surface area contributed by atoms with Gasteiger partial charge in [0.1, 0.15) is 6.29 Å². The Morgan fingerprint density at radius 2 is 1.65 bits per heavy atom. The minimum Gasteiger partial charge on any atom is -0.341 e. The Morgan fingerprint density at radius 1 is 0.962 bits per heavy atom. The van der Waals surface area contributed by atoms with Crippen LogP contribution in [0.15, 0.2) is 72.8 Å². The number of carbonyl (C=O) groups is 2. The third kappa shape index (κ3) is 3.99. The fraction of sp³-hybridized carbons (Fsp3) is 0.217. The van der Waals surface area contributed by atoms with E-state index in [0.29, 0.717) is 19.4 Å². The maximum Gasteiger partial charge on any atom is 0.230 e. The third-order valence-electron chi connectivity index (χ3n) is 4.71. The van der Waals surface area contributed by atoms with Gasteiger partial charge >= 0.3 is 0 Å². The van der Waals surface area contributed by atoms with Crippen LogP contribution in [0.25, 0.3) is 10.8 Å². The highest BCUT2D eigenvalue weighted by atomic mass is 16.2. The Morgan fingerprint density at radius 3 is 2.42 bits per heavy atom. The number of aldehydes is 1. The Hall–Kier alpha value is -2.94. The van der Waals surface area contributed by atoms with Crippen LogP contribution in [0, 0.1) is 0 Å². The van der Waals surface area contributed by atoms with Gasteiger partial charge in [0.15, 0.2) is 0 Å². The van der Waals surface area contributed by atoms with Crippen LogP contribution in [0.1, 0.15) is 29.9 Å². The molecule has 0 radical (unpaired) electrons. The molecular formula is C23H23NO2. The Balaban J connectivity index is 1.91. The van der Waals surface area contributed by atoms with Gasteiger partial charge < -0.3 is 9.69 Å². The van der Waals surface area contributed by atoms with Crippen molar-refractivity contribution in [1.82, 2.24) is 4.90 Å². The van der Waals surface area contributed by atoms with Crippen LogP contribution in [-0.2, 0) is 16.1 Å². The second kappa shape index (κ2) is 8.43. The maximum atomic E-state index is 13.2. The van der Waals surface area contributed by atoms with E-state index in [-0.39, 0.29) is 11.8 Å². The van der Waals surface area contributed by atoms with Crippen molar-refractivity contribution in [3.63, 3.8) is 0 Å². The molecule has 0 aliphatic heterocycles. The van der Waals surface area contributed by atoms with Crippen molar-refractivity contribution in [2.24, 2.45) is 0 Å². The van der Waals surface area contributed by atoms with Crippen molar-refractivity contribution in [3.8, 4) is 0 Å². The molecule has 132 valence electrons. The monoisotopic (exact) mass is 345 g/mol. The minimum atomic E-state index is -0.319. The van der Waals surface area contributed by atoms with Crippen LogP contribution >= 0.6 is 0 Å². The van der Waals surface area contributed by atoms with E-state index in [9.17, 15) is 9.59 Å². The number of amides is 1. The molecule has 0 aromatic heterocycles. The molecule has 1 unspecified atom stereocenters.